The topological polar surface area (TPSA) is 173 Å². The number of carbonyl (C=O) groups excluding carboxylic acids is 4. The molecule has 4 amide bonds. The van der Waals surface area contributed by atoms with Gasteiger partial charge in [-0.15, -0.1) is 6.58 Å². The van der Waals surface area contributed by atoms with Gasteiger partial charge in [-0.3, -0.25) is 23.9 Å². The Kier molecular flexibility index (Phi) is 9.40. The molecule has 50 heavy (non-hydrogen) atoms. The fourth-order valence-corrected chi connectivity index (χ4v) is 7.68. The van der Waals surface area contributed by atoms with Gasteiger partial charge in [0.25, 0.3) is 5.91 Å². The van der Waals surface area contributed by atoms with Gasteiger partial charge in [0, 0.05) is 35.4 Å². The van der Waals surface area contributed by atoms with Crippen LogP contribution in [-0.4, -0.2) is 84.6 Å². The Morgan fingerprint density at radius 3 is 2.46 bits per heavy atom. The van der Waals surface area contributed by atoms with Crippen LogP contribution in [0.3, 0.4) is 0 Å². The molecule has 1 aromatic heterocycles. The molecule has 1 saturated heterocycles. The molecule has 2 heterocycles. The Morgan fingerprint density at radius 1 is 1.08 bits per heavy atom. The molecular weight excluding hydrogens is 662 g/mol. The largest absolute Gasteiger partial charge is 0.497 e. The van der Waals surface area contributed by atoms with Gasteiger partial charge in [0.05, 0.1) is 30.1 Å². The molecule has 0 radical (unpaired) electrons. The number of pyridine rings is 1. The third-order valence-electron chi connectivity index (χ3n) is 9.35. The SMILES string of the molecule is C=CC(=O)NC(C)C(=O)N1C[C@H](Oc2cc(-c3ccccc3)nc3cc(OC)ccc23)C[C@H]1C(=O)N[C@]1(C(=O)NS(=O)(=O)C2CC2)C[C@H]1C=C. The quantitative estimate of drug-likeness (QED) is 0.179. The van der Waals surface area contributed by atoms with Gasteiger partial charge in [0.2, 0.25) is 27.7 Å². The van der Waals surface area contributed by atoms with Gasteiger partial charge < -0.3 is 25.0 Å². The number of hydrogen-bond donors (Lipinski definition) is 3. The van der Waals surface area contributed by atoms with Gasteiger partial charge in [0.1, 0.15) is 35.2 Å². The predicted octanol–water partition coefficient (Wildman–Crippen LogP) is 2.62. The summed E-state index contributed by atoms with van der Waals surface area (Å²) in [5.41, 5.74) is 0.561. The van der Waals surface area contributed by atoms with Crippen LogP contribution in [0.4, 0.5) is 0 Å². The van der Waals surface area contributed by atoms with Crippen molar-refractivity contribution in [3.63, 3.8) is 0 Å². The van der Waals surface area contributed by atoms with E-state index in [1.54, 1.807) is 25.3 Å². The Balaban J connectivity index is 1.30. The lowest BCUT2D eigenvalue weighted by Gasteiger charge is -2.28. The highest BCUT2D eigenvalue weighted by atomic mass is 32.2. The first-order valence-electron chi connectivity index (χ1n) is 16.3. The number of amides is 4. The van der Waals surface area contributed by atoms with Crippen molar-refractivity contribution in [3.05, 3.63) is 79.9 Å². The summed E-state index contributed by atoms with van der Waals surface area (Å²) < 4.78 is 39.4. The van der Waals surface area contributed by atoms with Crippen molar-refractivity contribution in [3.8, 4) is 22.8 Å². The van der Waals surface area contributed by atoms with Gasteiger partial charge in [-0.1, -0.05) is 43.0 Å². The molecule has 2 aromatic carbocycles. The highest BCUT2D eigenvalue weighted by Crippen LogP contribution is 2.45. The van der Waals surface area contributed by atoms with Crippen molar-refractivity contribution in [2.75, 3.05) is 13.7 Å². The Hall–Kier alpha value is -5.24. The van der Waals surface area contributed by atoms with Gasteiger partial charge >= 0.3 is 0 Å². The number of hydrogen-bond acceptors (Lipinski definition) is 9. The van der Waals surface area contributed by atoms with E-state index in [-0.39, 0.29) is 19.4 Å². The summed E-state index contributed by atoms with van der Waals surface area (Å²) in [6, 6.07) is 14.6. The number of methoxy groups -OCH3 is 1. The van der Waals surface area contributed by atoms with E-state index in [4.69, 9.17) is 14.5 Å². The molecule has 2 saturated carbocycles. The fourth-order valence-electron chi connectivity index (χ4n) is 6.31. The highest BCUT2D eigenvalue weighted by molar-refractivity contribution is 7.91. The lowest BCUT2D eigenvalue weighted by molar-refractivity contribution is -0.141. The van der Waals surface area contributed by atoms with Crippen molar-refractivity contribution in [2.24, 2.45) is 5.92 Å². The first-order chi connectivity index (χ1) is 23.9. The average molecular weight is 702 g/mol. The van der Waals surface area contributed by atoms with Crippen LogP contribution in [0.2, 0.25) is 0 Å². The maximum Gasteiger partial charge on any atom is 0.259 e. The van der Waals surface area contributed by atoms with E-state index < -0.39 is 68.5 Å². The van der Waals surface area contributed by atoms with Crippen LogP contribution in [0.5, 0.6) is 11.5 Å². The van der Waals surface area contributed by atoms with E-state index in [0.29, 0.717) is 40.9 Å². The number of ether oxygens (including phenoxy) is 2. The van der Waals surface area contributed by atoms with Gasteiger partial charge in [-0.2, -0.15) is 0 Å². The molecule has 1 unspecified atom stereocenters. The smallest absolute Gasteiger partial charge is 0.259 e. The third-order valence-corrected chi connectivity index (χ3v) is 11.2. The van der Waals surface area contributed by atoms with Crippen LogP contribution in [0.1, 0.15) is 32.6 Å². The number of carbonyl (C=O) groups is 4. The maximum atomic E-state index is 14.1. The summed E-state index contributed by atoms with van der Waals surface area (Å²) >= 11 is 0. The molecule has 0 spiro atoms. The van der Waals surface area contributed by atoms with E-state index in [9.17, 15) is 27.6 Å². The zero-order valence-electron chi connectivity index (χ0n) is 27.8. The summed E-state index contributed by atoms with van der Waals surface area (Å²) in [7, 11) is -2.32. The minimum absolute atomic E-state index is 0.0218. The van der Waals surface area contributed by atoms with Crippen LogP contribution in [0, 0.1) is 5.92 Å². The van der Waals surface area contributed by atoms with E-state index in [1.165, 1.54) is 17.9 Å². The van der Waals surface area contributed by atoms with Gasteiger partial charge in [0.15, 0.2) is 0 Å². The second kappa shape index (κ2) is 13.6. The number of nitrogens with one attached hydrogen (secondary N) is 3. The summed E-state index contributed by atoms with van der Waals surface area (Å²) in [4.78, 5) is 59.4. The van der Waals surface area contributed by atoms with Gasteiger partial charge in [-0.25, -0.2) is 13.4 Å². The molecule has 262 valence electrons. The molecule has 1 aliphatic heterocycles. The fraction of sp³-hybridized carbons (Fsp3) is 0.361. The molecule has 6 rings (SSSR count). The van der Waals surface area contributed by atoms with Crippen molar-refractivity contribution >= 4 is 44.6 Å². The summed E-state index contributed by atoms with van der Waals surface area (Å²) in [5, 5.41) is 5.35. The molecule has 14 heteroatoms. The Bertz CT molecular complexity index is 1980. The summed E-state index contributed by atoms with van der Waals surface area (Å²) in [5.74, 6) is -2.06. The predicted molar refractivity (Wildman–Crippen MR) is 185 cm³/mol. The maximum absolute atomic E-state index is 14.1. The lowest BCUT2D eigenvalue weighted by Crippen LogP contribution is -2.58. The number of rotatable bonds is 13. The van der Waals surface area contributed by atoms with Crippen LogP contribution in [0.25, 0.3) is 22.2 Å². The van der Waals surface area contributed by atoms with Crippen LogP contribution in [-0.2, 0) is 29.2 Å². The van der Waals surface area contributed by atoms with Crippen molar-refractivity contribution in [1.82, 2.24) is 25.2 Å². The summed E-state index contributed by atoms with van der Waals surface area (Å²) in [6.45, 7) is 8.65. The standard InChI is InChI=1S/C36H39N5O8S/c1-5-23-19-36(23,35(45)40-50(46,47)26-13-14-26)39-33(43)30-17-25(20-41(30)34(44)21(3)37-32(42)6-2)49-31-18-28(22-10-8-7-9-11-22)38-29-16-24(48-4)12-15-27(29)31/h5-12,15-16,18,21,23,25-26,30H,1-2,13-14,17,19-20H2,3-4H3,(H,37,42)(H,39,43)(H,40,45)/t21?,23-,25-,30+,36-/m1/s1. The Morgan fingerprint density at radius 2 is 1.82 bits per heavy atom. The zero-order valence-corrected chi connectivity index (χ0v) is 28.6. The Labute approximate surface area is 290 Å². The molecule has 3 N–H and O–H groups in total. The zero-order chi connectivity index (χ0) is 35.8. The molecular formula is C36H39N5O8S. The monoisotopic (exact) mass is 701 g/mol. The molecule has 3 aromatic rings. The number of nitrogens with zero attached hydrogens (tertiary/aromatic N) is 2. The second-order valence-electron chi connectivity index (χ2n) is 12.9. The van der Waals surface area contributed by atoms with Crippen LogP contribution >= 0.6 is 0 Å². The van der Waals surface area contributed by atoms with Crippen molar-refractivity contribution in [2.45, 2.75) is 61.6 Å². The molecule has 2 aliphatic carbocycles. The number of benzene rings is 2. The number of sulfonamides is 1. The molecule has 0 bridgehead atoms. The third kappa shape index (κ3) is 6.93. The van der Waals surface area contributed by atoms with Crippen molar-refractivity contribution in [1.29, 1.82) is 0 Å². The number of aromatic nitrogens is 1. The number of likely N-dealkylation sites (tertiary alicyclic amines) is 1. The highest BCUT2D eigenvalue weighted by Gasteiger charge is 2.62. The first kappa shape index (κ1) is 34.6. The molecule has 3 aliphatic rings. The van der Waals surface area contributed by atoms with Gasteiger partial charge in [-0.05, 0) is 44.4 Å². The average Bonchev–Trinajstić information content (AvgIpc) is 4.04. The van der Waals surface area contributed by atoms with Crippen LogP contribution < -0.4 is 24.8 Å². The van der Waals surface area contributed by atoms with Crippen LogP contribution in [0.15, 0.2) is 79.9 Å². The minimum Gasteiger partial charge on any atom is -0.497 e. The summed E-state index contributed by atoms with van der Waals surface area (Å²) in [6.07, 6.45) is 2.95. The normalized spacial score (nSPS) is 23.3. The minimum atomic E-state index is -3.89. The molecule has 3 fully saturated rings. The number of fused-ring (bicyclic) bond motifs is 1. The molecule has 13 nitrogen and oxygen atoms in total. The molecule has 5 atom stereocenters. The van der Waals surface area contributed by atoms with E-state index in [1.807, 2.05) is 36.4 Å². The van der Waals surface area contributed by atoms with E-state index in [2.05, 4.69) is 28.5 Å². The lowest BCUT2D eigenvalue weighted by atomic mass is 10.1. The second-order valence-corrected chi connectivity index (χ2v) is 14.8. The van der Waals surface area contributed by atoms with E-state index >= 15 is 0 Å². The van der Waals surface area contributed by atoms with Crippen molar-refractivity contribution < 1.29 is 37.1 Å². The van der Waals surface area contributed by atoms with E-state index in [0.717, 1.165) is 11.6 Å². The first-order valence-corrected chi connectivity index (χ1v) is 17.9.